The average Bonchev–Trinajstić information content (AvgIpc) is 2.56. The fourth-order valence-electron chi connectivity index (χ4n) is 2.38. The summed E-state index contributed by atoms with van der Waals surface area (Å²) in [5, 5.41) is 0. The first-order valence-electron chi connectivity index (χ1n) is 5.15. The van der Waals surface area contributed by atoms with Gasteiger partial charge in [0.05, 0.1) is 11.5 Å². The summed E-state index contributed by atoms with van der Waals surface area (Å²) in [6, 6.07) is 0.746. The maximum absolute atomic E-state index is 9.45. The molecule has 0 radical (unpaired) electrons. The zero-order valence-corrected chi connectivity index (χ0v) is 8.80. The van der Waals surface area contributed by atoms with E-state index in [-0.39, 0.29) is 0 Å². The van der Waals surface area contributed by atoms with Gasteiger partial charge in [0, 0.05) is 19.1 Å². The van der Waals surface area contributed by atoms with Crippen molar-refractivity contribution in [3.05, 3.63) is 0 Å². The van der Waals surface area contributed by atoms with E-state index in [0.717, 1.165) is 19.1 Å². The smallest absolute Gasteiger partial charge is 0.0502 e. The van der Waals surface area contributed by atoms with Crippen LogP contribution in [0.4, 0.5) is 0 Å². The number of nitrogens with zero attached hydrogens (tertiary/aromatic N) is 1. The van der Waals surface area contributed by atoms with E-state index in [4.69, 9.17) is 0 Å². The molecule has 3 nitrogen and oxygen atoms in total. The van der Waals surface area contributed by atoms with Crippen LogP contribution in [0.15, 0.2) is 0 Å². The molecule has 4 heteroatoms. The second-order valence-electron chi connectivity index (χ2n) is 4.18. The van der Waals surface area contributed by atoms with Crippen molar-refractivity contribution in [1.82, 2.24) is 4.90 Å². The van der Waals surface area contributed by atoms with E-state index in [2.05, 4.69) is 4.90 Å². The van der Waals surface area contributed by atoms with Crippen molar-refractivity contribution in [2.45, 2.75) is 31.7 Å². The SMILES string of the molecule is OS1(O)CCN(C2CCCC2)CC1. The topological polar surface area (TPSA) is 43.7 Å². The van der Waals surface area contributed by atoms with Crippen LogP contribution in [0.1, 0.15) is 25.7 Å². The van der Waals surface area contributed by atoms with Gasteiger partial charge in [0.1, 0.15) is 0 Å². The van der Waals surface area contributed by atoms with E-state index >= 15 is 0 Å². The molecule has 0 aromatic rings. The van der Waals surface area contributed by atoms with Gasteiger partial charge in [-0.15, -0.1) is 0 Å². The number of hydrogen-bond acceptors (Lipinski definition) is 3. The van der Waals surface area contributed by atoms with Crippen LogP contribution in [0.3, 0.4) is 0 Å². The van der Waals surface area contributed by atoms with Gasteiger partial charge >= 0.3 is 0 Å². The minimum atomic E-state index is -2.19. The minimum absolute atomic E-state index is 0.601. The van der Waals surface area contributed by atoms with Gasteiger partial charge in [-0.2, -0.15) is 10.6 Å². The first-order chi connectivity index (χ1) is 6.17. The predicted molar refractivity (Wildman–Crippen MR) is 56.4 cm³/mol. The Morgan fingerprint density at radius 1 is 1.00 bits per heavy atom. The lowest BCUT2D eigenvalue weighted by molar-refractivity contribution is 0.210. The van der Waals surface area contributed by atoms with Gasteiger partial charge in [-0.05, 0) is 12.8 Å². The van der Waals surface area contributed by atoms with Crippen LogP contribution >= 0.6 is 10.6 Å². The first kappa shape index (κ1) is 9.77. The van der Waals surface area contributed by atoms with Gasteiger partial charge in [-0.25, -0.2) is 0 Å². The molecule has 13 heavy (non-hydrogen) atoms. The van der Waals surface area contributed by atoms with Gasteiger partial charge in [0.15, 0.2) is 0 Å². The summed E-state index contributed by atoms with van der Waals surface area (Å²) in [5.41, 5.74) is 0. The molecule has 0 atom stereocenters. The highest BCUT2D eigenvalue weighted by molar-refractivity contribution is 8.24. The molecule has 2 aliphatic rings. The molecule has 1 saturated carbocycles. The lowest BCUT2D eigenvalue weighted by Gasteiger charge is -2.43. The second kappa shape index (κ2) is 3.77. The van der Waals surface area contributed by atoms with Crippen molar-refractivity contribution in [2.24, 2.45) is 0 Å². The molecule has 2 N–H and O–H groups in total. The van der Waals surface area contributed by atoms with E-state index in [9.17, 15) is 9.11 Å². The van der Waals surface area contributed by atoms with Crippen molar-refractivity contribution in [3.8, 4) is 0 Å². The fourth-order valence-corrected chi connectivity index (χ4v) is 3.63. The highest BCUT2D eigenvalue weighted by Crippen LogP contribution is 2.41. The molecule has 1 heterocycles. The summed E-state index contributed by atoms with van der Waals surface area (Å²) in [6.07, 6.45) is 5.35. The molecule has 0 spiro atoms. The van der Waals surface area contributed by atoms with E-state index in [0.29, 0.717) is 11.5 Å². The zero-order valence-electron chi connectivity index (χ0n) is 7.98. The second-order valence-corrected chi connectivity index (χ2v) is 6.61. The van der Waals surface area contributed by atoms with Crippen molar-refractivity contribution in [1.29, 1.82) is 0 Å². The molecule has 1 aliphatic heterocycles. The van der Waals surface area contributed by atoms with Crippen LogP contribution in [0.2, 0.25) is 0 Å². The third-order valence-corrected chi connectivity index (χ3v) is 4.92. The third kappa shape index (κ3) is 2.37. The Hall–Kier alpha value is 0.230. The maximum atomic E-state index is 9.45. The molecule has 0 unspecified atom stereocenters. The van der Waals surface area contributed by atoms with Crippen molar-refractivity contribution in [3.63, 3.8) is 0 Å². The molecule has 0 aromatic carbocycles. The van der Waals surface area contributed by atoms with Gasteiger partial charge in [-0.3, -0.25) is 14.0 Å². The summed E-state index contributed by atoms with van der Waals surface area (Å²) < 4.78 is 18.9. The molecule has 2 fully saturated rings. The molecule has 1 aliphatic carbocycles. The monoisotopic (exact) mass is 205 g/mol. The largest absolute Gasteiger partial charge is 0.299 e. The Bertz CT molecular complexity index is 170. The van der Waals surface area contributed by atoms with Crippen LogP contribution in [-0.2, 0) is 0 Å². The lowest BCUT2D eigenvalue weighted by Crippen LogP contribution is -2.43. The van der Waals surface area contributed by atoms with Crippen LogP contribution < -0.4 is 0 Å². The normalized spacial score (nSPS) is 33.4. The van der Waals surface area contributed by atoms with Crippen molar-refractivity contribution in [2.75, 3.05) is 24.6 Å². The van der Waals surface area contributed by atoms with Crippen LogP contribution in [0.25, 0.3) is 0 Å². The molecular weight excluding hydrogens is 186 g/mol. The first-order valence-corrected chi connectivity index (χ1v) is 7.03. The number of hydrogen-bond donors (Lipinski definition) is 2. The lowest BCUT2D eigenvalue weighted by atomic mass is 10.2. The highest BCUT2D eigenvalue weighted by atomic mass is 32.3. The quantitative estimate of drug-likeness (QED) is 0.688. The Kier molecular flexibility index (Phi) is 2.83. The van der Waals surface area contributed by atoms with Crippen molar-refractivity contribution < 1.29 is 9.11 Å². The van der Waals surface area contributed by atoms with Crippen LogP contribution in [0, 0.1) is 0 Å². The Morgan fingerprint density at radius 2 is 1.54 bits per heavy atom. The fraction of sp³-hybridized carbons (Fsp3) is 1.00. The van der Waals surface area contributed by atoms with Gasteiger partial charge in [0.2, 0.25) is 0 Å². The van der Waals surface area contributed by atoms with E-state index in [1.54, 1.807) is 0 Å². The predicted octanol–water partition coefficient (Wildman–Crippen LogP) is 2.00. The van der Waals surface area contributed by atoms with Gasteiger partial charge in [0.25, 0.3) is 0 Å². The summed E-state index contributed by atoms with van der Waals surface area (Å²) >= 11 is 0. The Labute approximate surface area is 81.5 Å². The summed E-state index contributed by atoms with van der Waals surface area (Å²) in [6.45, 7) is 1.79. The highest BCUT2D eigenvalue weighted by Gasteiger charge is 2.28. The molecule has 0 amide bonds. The van der Waals surface area contributed by atoms with Gasteiger partial charge < -0.3 is 0 Å². The van der Waals surface area contributed by atoms with E-state index in [1.165, 1.54) is 25.7 Å². The van der Waals surface area contributed by atoms with E-state index in [1.807, 2.05) is 0 Å². The Balaban J connectivity index is 1.83. The molecule has 78 valence electrons. The van der Waals surface area contributed by atoms with Gasteiger partial charge in [-0.1, -0.05) is 12.8 Å². The molecule has 0 aromatic heterocycles. The molecule has 0 bridgehead atoms. The summed E-state index contributed by atoms with van der Waals surface area (Å²) in [7, 11) is -2.19. The minimum Gasteiger partial charge on any atom is -0.299 e. The summed E-state index contributed by atoms with van der Waals surface area (Å²) in [5.74, 6) is 1.20. The molecule has 2 rings (SSSR count). The molecular formula is C9H19NO2S. The standard InChI is InChI=1S/C9H19NO2S/c11-13(12)7-5-10(6-8-13)9-3-1-2-4-9/h9,11-12H,1-8H2. The molecule has 1 saturated heterocycles. The zero-order chi connectivity index (χ0) is 9.31. The summed E-state index contributed by atoms with van der Waals surface area (Å²) in [4.78, 5) is 2.45. The third-order valence-electron chi connectivity index (χ3n) is 3.25. The van der Waals surface area contributed by atoms with Crippen LogP contribution in [-0.4, -0.2) is 44.6 Å². The van der Waals surface area contributed by atoms with Crippen LogP contribution in [0.5, 0.6) is 0 Å². The maximum Gasteiger partial charge on any atom is 0.0502 e. The van der Waals surface area contributed by atoms with Crippen molar-refractivity contribution >= 4 is 10.6 Å². The van der Waals surface area contributed by atoms with E-state index < -0.39 is 10.6 Å². The Morgan fingerprint density at radius 3 is 2.08 bits per heavy atom. The average molecular weight is 205 g/mol. The number of rotatable bonds is 1.